The minimum absolute atomic E-state index is 2.11. The molecule has 29 heavy (non-hydrogen) atoms. The van der Waals surface area contributed by atoms with E-state index in [1.807, 2.05) is 0 Å². The third-order valence-corrected chi connectivity index (χ3v) is 2.89. The molecule has 0 aliphatic rings. The molecule has 18 heteroatoms. The summed E-state index contributed by atoms with van der Waals surface area (Å²) < 4.78 is 192. The van der Waals surface area contributed by atoms with Gasteiger partial charge in [-0.3, -0.25) is 0 Å². The van der Waals surface area contributed by atoms with Crippen LogP contribution in [-0.4, -0.2) is 61.6 Å². The van der Waals surface area contributed by atoms with Crippen molar-refractivity contribution in [2.75, 3.05) is 13.2 Å². The van der Waals surface area contributed by atoms with Gasteiger partial charge in [-0.25, -0.2) is 9.18 Å². The Morgan fingerprint density at radius 1 is 0.724 bits per heavy atom. The van der Waals surface area contributed by atoms with E-state index in [1.54, 1.807) is 0 Å². The van der Waals surface area contributed by atoms with Gasteiger partial charge in [0.1, 0.15) is 6.61 Å². The molecule has 0 aliphatic carbocycles. The average molecular weight is 472 g/mol. The normalized spacial score (nSPS) is 15.8. The molecular weight excluding hydrogens is 465 g/mol. The third-order valence-electron chi connectivity index (χ3n) is 2.89. The third kappa shape index (κ3) is 6.10. The summed E-state index contributed by atoms with van der Waals surface area (Å²) in [5, 5.41) is 0. The van der Waals surface area contributed by atoms with E-state index < -0.39 is 68.0 Å². The Morgan fingerprint density at radius 3 is 1.55 bits per heavy atom. The van der Waals surface area contributed by atoms with Crippen molar-refractivity contribution in [3.63, 3.8) is 0 Å². The summed E-state index contributed by atoms with van der Waals surface area (Å²) in [6.07, 6.45) is -23.3. The Hall–Kier alpha value is -1.78. The fraction of sp³-hybridized carbons (Fsp3) is 0.909. The van der Waals surface area contributed by atoms with Crippen LogP contribution in [-0.2, 0) is 9.47 Å². The molecule has 0 saturated heterocycles. The highest BCUT2D eigenvalue weighted by molar-refractivity contribution is 5.59. The highest BCUT2D eigenvalue weighted by atomic mass is 19.4. The van der Waals surface area contributed by atoms with Crippen molar-refractivity contribution in [1.82, 2.24) is 0 Å². The van der Waals surface area contributed by atoms with Crippen LogP contribution in [0.3, 0.4) is 0 Å². The van der Waals surface area contributed by atoms with E-state index in [9.17, 15) is 70.7 Å². The van der Waals surface area contributed by atoms with Gasteiger partial charge < -0.3 is 9.47 Å². The Kier molecular flexibility index (Phi) is 7.66. The lowest BCUT2D eigenvalue weighted by Crippen LogP contribution is -2.61. The van der Waals surface area contributed by atoms with Gasteiger partial charge >= 0.3 is 42.2 Å². The maximum Gasteiger partial charge on any atom is 0.508 e. The second-order valence-electron chi connectivity index (χ2n) is 5.15. The quantitative estimate of drug-likeness (QED) is 0.344. The van der Waals surface area contributed by atoms with Gasteiger partial charge in [-0.15, -0.1) is 0 Å². The first-order chi connectivity index (χ1) is 12.5. The molecule has 3 nitrogen and oxygen atoms in total. The molecular formula is C11H7F15O3. The van der Waals surface area contributed by atoms with Gasteiger partial charge in [0, 0.05) is 0 Å². The van der Waals surface area contributed by atoms with E-state index in [0.717, 1.165) is 0 Å². The largest absolute Gasteiger partial charge is 0.508 e. The second-order valence-corrected chi connectivity index (χ2v) is 5.15. The maximum atomic E-state index is 13.0. The maximum absolute atomic E-state index is 13.0. The summed E-state index contributed by atoms with van der Waals surface area (Å²) in [6.45, 7) is -4.77. The number of carbonyl (C=O) groups is 1. The van der Waals surface area contributed by atoms with E-state index in [0.29, 0.717) is 0 Å². The summed E-state index contributed by atoms with van der Waals surface area (Å²) in [6, 6.07) is 0. The standard InChI is InChI=1S/C11H7F15O3/c12-4(8(17,18)19)6(13,14)3-29-5(27)28-2-1-7(15,16)9(20,21)10(22,23)11(24,25)26/h4H,1-3H2/t4-/m0/s1. The molecule has 0 spiro atoms. The molecule has 174 valence electrons. The molecule has 0 aromatic rings. The van der Waals surface area contributed by atoms with Gasteiger partial charge in [-0.2, -0.15) is 61.5 Å². The van der Waals surface area contributed by atoms with Gasteiger partial charge in [0.05, 0.1) is 6.42 Å². The SMILES string of the molecule is O=C(OCCC(F)(F)C(F)(F)C(F)(F)C(F)(F)F)OCC(F)(F)[C@H](F)C(F)(F)F. The van der Waals surface area contributed by atoms with Crippen LogP contribution in [0.25, 0.3) is 0 Å². The number of alkyl halides is 15. The van der Waals surface area contributed by atoms with Crippen LogP contribution < -0.4 is 0 Å². The molecule has 0 aliphatic heterocycles. The molecule has 0 aromatic heterocycles. The molecule has 0 saturated carbocycles. The Morgan fingerprint density at radius 2 is 1.17 bits per heavy atom. The zero-order valence-corrected chi connectivity index (χ0v) is 13.1. The van der Waals surface area contributed by atoms with E-state index in [-0.39, 0.29) is 0 Å². The fourth-order valence-electron chi connectivity index (χ4n) is 1.34. The number of hydrogen-bond donors (Lipinski definition) is 0. The van der Waals surface area contributed by atoms with Crippen molar-refractivity contribution in [3.8, 4) is 0 Å². The van der Waals surface area contributed by atoms with E-state index >= 15 is 0 Å². The van der Waals surface area contributed by atoms with Crippen LogP contribution >= 0.6 is 0 Å². The number of rotatable bonds is 8. The van der Waals surface area contributed by atoms with Crippen LogP contribution in [0.5, 0.6) is 0 Å². The van der Waals surface area contributed by atoms with Crippen LogP contribution in [0.1, 0.15) is 6.42 Å². The predicted octanol–water partition coefficient (Wildman–Crippen LogP) is 5.53. The van der Waals surface area contributed by atoms with Crippen molar-refractivity contribution < 1.29 is 80.1 Å². The van der Waals surface area contributed by atoms with Crippen molar-refractivity contribution in [3.05, 3.63) is 0 Å². The van der Waals surface area contributed by atoms with Gasteiger partial charge in [0.2, 0.25) is 0 Å². The Balaban J connectivity index is 4.85. The molecule has 0 radical (unpaired) electrons. The van der Waals surface area contributed by atoms with Crippen molar-refractivity contribution in [2.24, 2.45) is 0 Å². The Bertz CT molecular complexity index is 565. The summed E-state index contributed by atoms with van der Waals surface area (Å²) in [7, 11) is 0. The van der Waals surface area contributed by atoms with Gasteiger partial charge in [-0.05, 0) is 0 Å². The van der Waals surface area contributed by atoms with Crippen LogP contribution in [0.15, 0.2) is 0 Å². The van der Waals surface area contributed by atoms with Gasteiger partial charge in [0.25, 0.3) is 6.17 Å². The van der Waals surface area contributed by atoms with Crippen LogP contribution in [0, 0.1) is 0 Å². The molecule has 0 aromatic carbocycles. The van der Waals surface area contributed by atoms with Crippen molar-refractivity contribution in [1.29, 1.82) is 0 Å². The minimum Gasteiger partial charge on any atom is -0.434 e. The zero-order chi connectivity index (χ0) is 23.7. The lowest BCUT2D eigenvalue weighted by molar-refractivity contribution is -0.397. The number of ether oxygens (including phenoxy) is 2. The zero-order valence-electron chi connectivity index (χ0n) is 13.1. The molecule has 0 bridgehead atoms. The minimum atomic E-state index is -7.22. The van der Waals surface area contributed by atoms with E-state index in [4.69, 9.17) is 0 Å². The highest BCUT2D eigenvalue weighted by Crippen LogP contribution is 2.54. The molecule has 0 unspecified atom stereocenters. The molecule has 0 rings (SSSR count). The lowest BCUT2D eigenvalue weighted by atomic mass is 10.0. The van der Waals surface area contributed by atoms with E-state index in [2.05, 4.69) is 9.47 Å². The summed E-state index contributed by atoms with van der Waals surface area (Å²) >= 11 is 0. The Labute approximate surface area is 149 Å². The predicted molar refractivity (Wildman–Crippen MR) is 58.7 cm³/mol. The summed E-state index contributed by atoms with van der Waals surface area (Å²) in [5.41, 5.74) is 0. The van der Waals surface area contributed by atoms with Gasteiger partial charge in [0.15, 0.2) is 6.61 Å². The number of carbonyl (C=O) groups excluding carboxylic acids is 1. The lowest BCUT2D eigenvalue weighted by Gasteiger charge is -2.33. The monoisotopic (exact) mass is 472 g/mol. The number of halogens is 15. The van der Waals surface area contributed by atoms with Crippen molar-refractivity contribution in [2.45, 2.75) is 48.6 Å². The highest BCUT2D eigenvalue weighted by Gasteiger charge is 2.81. The van der Waals surface area contributed by atoms with Gasteiger partial charge in [-0.1, -0.05) is 0 Å². The van der Waals surface area contributed by atoms with Crippen molar-refractivity contribution >= 4 is 6.16 Å². The molecule has 0 fully saturated rings. The second kappa shape index (κ2) is 8.16. The first kappa shape index (κ1) is 27.2. The van der Waals surface area contributed by atoms with E-state index in [1.165, 1.54) is 0 Å². The first-order valence-electron chi connectivity index (χ1n) is 6.59. The first-order valence-corrected chi connectivity index (χ1v) is 6.59. The summed E-state index contributed by atoms with van der Waals surface area (Å²) in [5.74, 6) is -25.8. The fourth-order valence-corrected chi connectivity index (χ4v) is 1.34. The average Bonchev–Trinajstić information content (AvgIpc) is 2.49. The molecule has 1 atom stereocenters. The molecule has 0 amide bonds. The summed E-state index contributed by atoms with van der Waals surface area (Å²) in [4.78, 5) is 10.7. The topological polar surface area (TPSA) is 35.5 Å². The molecule has 0 heterocycles. The smallest absolute Gasteiger partial charge is 0.434 e. The molecule has 0 N–H and O–H groups in total. The van der Waals surface area contributed by atoms with Crippen LogP contribution in [0.4, 0.5) is 70.7 Å². The van der Waals surface area contributed by atoms with Crippen LogP contribution in [0.2, 0.25) is 0 Å². The number of hydrogen-bond acceptors (Lipinski definition) is 3.